The Balaban J connectivity index is 1.61. The summed E-state index contributed by atoms with van der Waals surface area (Å²) in [6.45, 7) is 7.22. The van der Waals surface area contributed by atoms with Crippen molar-refractivity contribution in [2.24, 2.45) is 5.41 Å². The zero-order chi connectivity index (χ0) is 23.0. The van der Waals surface area contributed by atoms with Crippen LogP contribution in [0.4, 0.5) is 5.69 Å². The van der Waals surface area contributed by atoms with Crippen molar-refractivity contribution in [3.63, 3.8) is 0 Å². The number of anilines is 1. The number of carbonyl (C=O) groups is 1. The molecule has 0 aromatic heterocycles. The predicted octanol–water partition coefficient (Wildman–Crippen LogP) is 4.50. The molecule has 172 valence electrons. The zero-order valence-electron chi connectivity index (χ0n) is 19.1. The Hall–Kier alpha value is -2.38. The van der Waals surface area contributed by atoms with Crippen molar-refractivity contribution in [2.75, 3.05) is 18.0 Å². The molecule has 1 spiro atoms. The van der Waals surface area contributed by atoms with Gasteiger partial charge in [-0.25, -0.2) is 17.9 Å². The largest absolute Gasteiger partial charge is 0.457 e. The summed E-state index contributed by atoms with van der Waals surface area (Å²) >= 11 is 0. The Morgan fingerprint density at radius 2 is 1.69 bits per heavy atom. The monoisotopic (exact) mass is 456 g/mol. The van der Waals surface area contributed by atoms with Crippen molar-refractivity contribution in [2.45, 2.75) is 63.5 Å². The van der Waals surface area contributed by atoms with Gasteiger partial charge in [-0.05, 0) is 75.6 Å². The van der Waals surface area contributed by atoms with Crippen LogP contribution < -0.4 is 9.62 Å². The number of sulfonamides is 1. The van der Waals surface area contributed by atoms with Crippen LogP contribution in [0.1, 0.15) is 62.4 Å². The van der Waals surface area contributed by atoms with Gasteiger partial charge >= 0.3 is 5.97 Å². The lowest BCUT2D eigenvalue weighted by molar-refractivity contribution is 0.0473. The molecule has 2 aromatic carbocycles. The molecular weight excluding hydrogens is 424 g/mol. The summed E-state index contributed by atoms with van der Waals surface area (Å²) in [7, 11) is -3.72. The minimum atomic E-state index is -3.72. The van der Waals surface area contributed by atoms with Gasteiger partial charge in [-0.1, -0.05) is 30.3 Å². The minimum Gasteiger partial charge on any atom is -0.457 e. The first-order chi connectivity index (χ1) is 15.1. The van der Waals surface area contributed by atoms with Crippen molar-refractivity contribution in [1.82, 2.24) is 4.72 Å². The van der Waals surface area contributed by atoms with Crippen LogP contribution in [-0.4, -0.2) is 33.0 Å². The van der Waals surface area contributed by atoms with Crippen LogP contribution in [0.25, 0.3) is 0 Å². The van der Waals surface area contributed by atoms with Crippen molar-refractivity contribution < 1.29 is 17.9 Å². The fourth-order valence-electron chi connectivity index (χ4n) is 4.27. The summed E-state index contributed by atoms with van der Waals surface area (Å²) in [5, 5.41) is 0. The molecule has 4 rings (SSSR count). The molecule has 0 unspecified atom stereocenters. The maximum absolute atomic E-state index is 13.0. The normalized spacial score (nSPS) is 17.9. The van der Waals surface area contributed by atoms with E-state index in [1.807, 2.05) is 30.3 Å². The van der Waals surface area contributed by atoms with Crippen LogP contribution in [0.5, 0.6) is 0 Å². The number of nitrogens with zero attached hydrogens (tertiary/aromatic N) is 1. The lowest BCUT2D eigenvalue weighted by Gasteiger charge is -2.35. The van der Waals surface area contributed by atoms with Crippen LogP contribution >= 0.6 is 0 Å². The fraction of sp³-hybridized carbons (Fsp3) is 0.480. The summed E-state index contributed by atoms with van der Waals surface area (Å²) in [5.74, 6) is -0.441. The molecule has 7 heteroatoms. The van der Waals surface area contributed by atoms with Crippen molar-refractivity contribution in [3.8, 4) is 0 Å². The summed E-state index contributed by atoms with van der Waals surface area (Å²) in [6.07, 6.45) is 4.69. The number of rotatable bonds is 6. The maximum atomic E-state index is 13.0. The van der Waals surface area contributed by atoms with Gasteiger partial charge in [-0.15, -0.1) is 0 Å². The first-order valence-corrected chi connectivity index (χ1v) is 12.7. The van der Waals surface area contributed by atoms with Crippen molar-refractivity contribution >= 4 is 21.7 Å². The molecule has 0 atom stereocenters. The zero-order valence-corrected chi connectivity index (χ0v) is 19.9. The molecule has 0 bridgehead atoms. The first kappa shape index (κ1) is 22.8. The molecular formula is C25H32N2O4S. The van der Waals surface area contributed by atoms with Gasteiger partial charge in [0.2, 0.25) is 10.0 Å². The van der Waals surface area contributed by atoms with E-state index in [9.17, 15) is 13.2 Å². The molecule has 1 N–H and O–H groups in total. The van der Waals surface area contributed by atoms with Crippen LogP contribution in [0.2, 0.25) is 0 Å². The van der Waals surface area contributed by atoms with E-state index in [0.717, 1.165) is 31.5 Å². The molecule has 1 saturated heterocycles. The average molecular weight is 457 g/mol. The minimum absolute atomic E-state index is 0.161. The molecule has 1 aliphatic carbocycles. The molecule has 32 heavy (non-hydrogen) atoms. The van der Waals surface area contributed by atoms with E-state index < -0.39 is 21.5 Å². The first-order valence-electron chi connectivity index (χ1n) is 11.2. The van der Waals surface area contributed by atoms with Crippen LogP contribution in [0.15, 0.2) is 53.4 Å². The summed E-state index contributed by atoms with van der Waals surface area (Å²) in [4.78, 5) is 15.3. The third-order valence-corrected chi connectivity index (χ3v) is 8.03. The van der Waals surface area contributed by atoms with Gasteiger partial charge in [0.05, 0.1) is 16.1 Å². The fourth-order valence-corrected chi connectivity index (χ4v) is 5.71. The third kappa shape index (κ3) is 5.33. The number of hydrogen-bond donors (Lipinski definition) is 1. The van der Waals surface area contributed by atoms with Gasteiger partial charge in [0.25, 0.3) is 0 Å². The summed E-state index contributed by atoms with van der Waals surface area (Å²) in [5.41, 5.74) is 1.82. The average Bonchev–Trinajstić information content (AvgIpc) is 3.50. The molecule has 1 saturated carbocycles. The molecule has 2 aromatic rings. The quantitative estimate of drug-likeness (QED) is 0.648. The third-order valence-electron chi connectivity index (χ3n) is 6.27. The highest BCUT2D eigenvalue weighted by molar-refractivity contribution is 7.89. The molecule has 0 radical (unpaired) electrons. The molecule has 2 aliphatic rings. The SMILES string of the molecule is CC(C)(C)NS(=O)(=O)c1ccc(C(=O)OCc2ccccc2)c(N2CCC3(CC2)CC3)c1. The number of ether oxygens (including phenoxy) is 1. The molecule has 6 nitrogen and oxygen atoms in total. The van der Waals surface area contributed by atoms with Crippen LogP contribution in [0, 0.1) is 5.41 Å². The van der Waals surface area contributed by atoms with Gasteiger partial charge in [-0.2, -0.15) is 0 Å². The smallest absolute Gasteiger partial charge is 0.340 e. The Morgan fingerprint density at radius 3 is 2.28 bits per heavy atom. The van der Waals surface area contributed by atoms with Crippen LogP contribution in [0.3, 0.4) is 0 Å². The van der Waals surface area contributed by atoms with E-state index >= 15 is 0 Å². The van der Waals surface area contributed by atoms with E-state index in [1.54, 1.807) is 32.9 Å². The topological polar surface area (TPSA) is 75.7 Å². The Labute approximate surface area is 191 Å². The Bertz CT molecular complexity index is 1080. The summed E-state index contributed by atoms with van der Waals surface area (Å²) < 4.78 is 34.2. The van der Waals surface area contributed by atoms with E-state index in [1.165, 1.54) is 18.9 Å². The highest BCUT2D eigenvalue weighted by Gasteiger charge is 2.44. The number of piperidine rings is 1. The van der Waals surface area contributed by atoms with Gasteiger partial charge in [0.1, 0.15) is 6.61 Å². The number of hydrogen-bond acceptors (Lipinski definition) is 5. The second-order valence-corrected chi connectivity index (χ2v) is 11.8. The predicted molar refractivity (Wildman–Crippen MR) is 125 cm³/mol. The summed E-state index contributed by atoms with van der Waals surface area (Å²) in [6, 6.07) is 14.2. The second-order valence-electron chi connectivity index (χ2n) is 10.1. The van der Waals surface area contributed by atoms with Crippen molar-refractivity contribution in [3.05, 3.63) is 59.7 Å². The molecule has 2 fully saturated rings. The highest BCUT2D eigenvalue weighted by Crippen LogP contribution is 2.54. The second kappa shape index (κ2) is 8.52. The highest BCUT2D eigenvalue weighted by atomic mass is 32.2. The lowest BCUT2D eigenvalue weighted by Crippen LogP contribution is -2.40. The van der Waals surface area contributed by atoms with Crippen molar-refractivity contribution in [1.29, 1.82) is 0 Å². The Morgan fingerprint density at radius 1 is 1.03 bits per heavy atom. The number of carbonyl (C=O) groups excluding carboxylic acids is 1. The van der Waals surface area contributed by atoms with Gasteiger partial charge in [0, 0.05) is 18.6 Å². The van der Waals surface area contributed by atoms with Gasteiger partial charge in [0.15, 0.2) is 0 Å². The number of benzene rings is 2. The number of nitrogens with one attached hydrogen (secondary N) is 1. The van der Waals surface area contributed by atoms with Gasteiger partial charge in [-0.3, -0.25) is 0 Å². The maximum Gasteiger partial charge on any atom is 0.340 e. The molecule has 1 heterocycles. The molecule has 1 aliphatic heterocycles. The number of esters is 1. The van der Waals surface area contributed by atoms with E-state index in [-0.39, 0.29) is 11.5 Å². The molecule has 0 amide bonds. The van der Waals surface area contributed by atoms with Crippen LogP contribution in [-0.2, 0) is 21.4 Å². The Kier molecular flexibility index (Phi) is 6.07. The lowest BCUT2D eigenvalue weighted by atomic mass is 9.93. The van der Waals surface area contributed by atoms with E-state index in [2.05, 4.69) is 9.62 Å². The van der Waals surface area contributed by atoms with Gasteiger partial charge < -0.3 is 9.64 Å². The van der Waals surface area contributed by atoms with E-state index in [0.29, 0.717) is 16.7 Å². The standard InChI is InChI=1S/C25H32N2O4S/c1-24(2,3)26-32(29,30)20-9-10-21(23(28)31-18-19-7-5-4-6-8-19)22(17-20)27-15-13-25(11-12-25)14-16-27/h4-10,17,26H,11-16,18H2,1-3H3. The van der Waals surface area contributed by atoms with E-state index in [4.69, 9.17) is 4.74 Å².